The molecule has 1 atom stereocenters. The van der Waals surface area contributed by atoms with Crippen LogP contribution in [0.2, 0.25) is 0 Å². The molecule has 6 nitrogen and oxygen atoms in total. The Morgan fingerprint density at radius 2 is 1.72 bits per heavy atom. The molecule has 1 aliphatic heterocycles. The van der Waals surface area contributed by atoms with Crippen LogP contribution in [-0.2, 0) is 7.05 Å². The maximum absolute atomic E-state index is 13.4. The molecule has 1 unspecified atom stereocenters. The number of anilines is 1. The predicted molar refractivity (Wildman–Crippen MR) is 110 cm³/mol. The van der Waals surface area contributed by atoms with Gasteiger partial charge in [-0.2, -0.15) is 0 Å². The smallest absolute Gasteiger partial charge is 0.318 e. The van der Waals surface area contributed by atoms with E-state index in [1.165, 1.54) is 17.8 Å². The maximum Gasteiger partial charge on any atom is 0.318 e. The van der Waals surface area contributed by atoms with Crippen LogP contribution in [0.1, 0.15) is 17.4 Å². The maximum atomic E-state index is 13.4. The van der Waals surface area contributed by atoms with Crippen molar-refractivity contribution in [1.82, 2.24) is 19.8 Å². The highest BCUT2D eigenvalue weighted by Gasteiger charge is 2.26. The molecule has 2 amide bonds. The lowest BCUT2D eigenvalue weighted by molar-refractivity contribution is 0.191. The van der Waals surface area contributed by atoms with Crippen molar-refractivity contribution in [2.24, 2.45) is 7.05 Å². The summed E-state index contributed by atoms with van der Waals surface area (Å²) in [5.74, 6) is 0.392. The number of nitrogens with zero attached hydrogens (tertiary/aromatic N) is 4. The number of amides is 2. The number of carbonyl (C=O) groups excluding carboxylic acids is 1. The molecule has 150 valence electrons. The van der Waals surface area contributed by atoms with E-state index in [0.717, 1.165) is 18.7 Å². The summed E-state index contributed by atoms with van der Waals surface area (Å²) >= 11 is 0. The van der Waals surface area contributed by atoms with Gasteiger partial charge in [-0.3, -0.25) is 0 Å². The first-order valence-corrected chi connectivity index (χ1v) is 9.70. The number of hydrogen-bond donors (Lipinski definition) is 1. The second kappa shape index (κ2) is 8.34. The van der Waals surface area contributed by atoms with Crippen LogP contribution >= 0.6 is 0 Å². The molecule has 2 heterocycles. The molecule has 1 fully saturated rings. The Bertz CT molecular complexity index is 949. The van der Waals surface area contributed by atoms with Gasteiger partial charge >= 0.3 is 6.03 Å². The molecular formula is C22H24FN5O. The standard InChI is InChI=1S/C22H24FN5O/c1-26-12-11-24-21(26)20(17-7-9-18(23)10-8-17)25-22(29)28-15-13-27(14-16-28)19-5-3-2-4-6-19/h2-12,20H,13-16H2,1H3,(H,25,29). The number of aryl methyl sites for hydroxylation is 1. The minimum atomic E-state index is -0.449. The fourth-order valence-electron chi connectivity index (χ4n) is 3.63. The SMILES string of the molecule is Cn1ccnc1C(NC(=O)N1CCN(c2ccccc2)CC1)c1ccc(F)cc1. The van der Waals surface area contributed by atoms with Crippen molar-refractivity contribution in [2.75, 3.05) is 31.1 Å². The molecule has 7 heteroatoms. The van der Waals surface area contributed by atoms with Crippen molar-refractivity contribution in [3.63, 3.8) is 0 Å². The molecule has 1 N–H and O–H groups in total. The van der Waals surface area contributed by atoms with E-state index in [1.807, 2.05) is 40.9 Å². The number of halogens is 1. The number of benzene rings is 2. The number of aromatic nitrogens is 2. The molecule has 29 heavy (non-hydrogen) atoms. The van der Waals surface area contributed by atoms with E-state index in [1.54, 1.807) is 18.3 Å². The highest BCUT2D eigenvalue weighted by atomic mass is 19.1. The average Bonchev–Trinajstić information content (AvgIpc) is 3.19. The minimum Gasteiger partial charge on any atom is -0.368 e. The first-order valence-electron chi connectivity index (χ1n) is 9.70. The van der Waals surface area contributed by atoms with Crippen LogP contribution in [0.15, 0.2) is 67.0 Å². The minimum absolute atomic E-state index is 0.143. The molecule has 0 bridgehead atoms. The van der Waals surface area contributed by atoms with Crippen LogP contribution in [0.25, 0.3) is 0 Å². The monoisotopic (exact) mass is 393 g/mol. The molecule has 0 spiro atoms. The third kappa shape index (κ3) is 4.23. The van der Waals surface area contributed by atoms with Crippen LogP contribution in [0, 0.1) is 5.82 Å². The van der Waals surface area contributed by atoms with Gasteiger partial charge in [0.05, 0.1) is 0 Å². The Morgan fingerprint density at radius 3 is 2.34 bits per heavy atom. The zero-order chi connectivity index (χ0) is 20.2. The van der Waals surface area contributed by atoms with Crippen LogP contribution < -0.4 is 10.2 Å². The molecule has 1 saturated heterocycles. The molecule has 2 aromatic carbocycles. The Balaban J connectivity index is 1.46. The molecule has 0 saturated carbocycles. The molecule has 1 aliphatic rings. The summed E-state index contributed by atoms with van der Waals surface area (Å²) in [5, 5.41) is 3.08. The van der Waals surface area contributed by atoms with Crippen molar-refractivity contribution >= 4 is 11.7 Å². The predicted octanol–water partition coefficient (Wildman–Crippen LogP) is 3.18. The van der Waals surface area contributed by atoms with E-state index in [-0.39, 0.29) is 11.8 Å². The summed E-state index contributed by atoms with van der Waals surface area (Å²) in [5.41, 5.74) is 1.96. The lowest BCUT2D eigenvalue weighted by Crippen LogP contribution is -2.52. The molecule has 4 rings (SSSR count). The van der Waals surface area contributed by atoms with E-state index in [9.17, 15) is 9.18 Å². The second-order valence-corrected chi connectivity index (χ2v) is 7.14. The largest absolute Gasteiger partial charge is 0.368 e. The number of hydrogen-bond acceptors (Lipinski definition) is 3. The molecule has 3 aromatic rings. The van der Waals surface area contributed by atoms with Crippen molar-refractivity contribution in [3.8, 4) is 0 Å². The van der Waals surface area contributed by atoms with Crippen LogP contribution in [0.5, 0.6) is 0 Å². The van der Waals surface area contributed by atoms with E-state index in [2.05, 4.69) is 27.3 Å². The van der Waals surface area contributed by atoms with Gasteiger partial charge in [0.1, 0.15) is 17.7 Å². The Labute approximate surface area is 169 Å². The van der Waals surface area contributed by atoms with Gasteiger partial charge in [0.2, 0.25) is 0 Å². The number of urea groups is 1. The molecule has 0 aliphatic carbocycles. The van der Waals surface area contributed by atoms with E-state index < -0.39 is 6.04 Å². The summed E-state index contributed by atoms with van der Waals surface area (Å²) in [6, 6.07) is 15.8. The van der Waals surface area contributed by atoms with Gasteiger partial charge in [0.25, 0.3) is 0 Å². The lowest BCUT2D eigenvalue weighted by Gasteiger charge is -2.36. The summed E-state index contributed by atoms with van der Waals surface area (Å²) in [6.45, 7) is 2.83. The Morgan fingerprint density at radius 1 is 1.03 bits per heavy atom. The zero-order valence-electron chi connectivity index (χ0n) is 16.3. The topological polar surface area (TPSA) is 53.4 Å². The highest BCUT2D eigenvalue weighted by Crippen LogP contribution is 2.22. The number of imidazole rings is 1. The number of rotatable bonds is 4. The zero-order valence-corrected chi connectivity index (χ0v) is 16.3. The molecule has 0 radical (unpaired) electrons. The Kier molecular flexibility index (Phi) is 5.46. The number of piperazine rings is 1. The number of carbonyl (C=O) groups is 1. The van der Waals surface area contributed by atoms with Crippen LogP contribution in [0.3, 0.4) is 0 Å². The van der Waals surface area contributed by atoms with Gasteiger partial charge in [0, 0.05) is 51.3 Å². The van der Waals surface area contributed by atoms with Crippen LogP contribution in [0.4, 0.5) is 14.9 Å². The first-order chi connectivity index (χ1) is 14.1. The summed E-state index contributed by atoms with van der Waals surface area (Å²) < 4.78 is 15.2. The normalized spacial score (nSPS) is 15.2. The van der Waals surface area contributed by atoms with E-state index in [4.69, 9.17) is 0 Å². The van der Waals surface area contributed by atoms with Gasteiger partial charge in [-0.05, 0) is 29.8 Å². The third-order valence-electron chi connectivity index (χ3n) is 5.28. The van der Waals surface area contributed by atoms with Crippen molar-refractivity contribution in [2.45, 2.75) is 6.04 Å². The van der Waals surface area contributed by atoms with E-state index in [0.29, 0.717) is 18.9 Å². The van der Waals surface area contributed by atoms with Gasteiger partial charge in [-0.25, -0.2) is 14.2 Å². The van der Waals surface area contributed by atoms with Gasteiger partial charge in [-0.15, -0.1) is 0 Å². The molecule has 1 aromatic heterocycles. The van der Waals surface area contributed by atoms with E-state index >= 15 is 0 Å². The summed E-state index contributed by atoms with van der Waals surface area (Å²) in [4.78, 5) is 21.5. The first kappa shape index (κ1) is 19.0. The Hall–Kier alpha value is -3.35. The summed E-state index contributed by atoms with van der Waals surface area (Å²) in [6.07, 6.45) is 3.52. The quantitative estimate of drug-likeness (QED) is 0.741. The van der Waals surface area contributed by atoms with Gasteiger partial charge in [-0.1, -0.05) is 30.3 Å². The van der Waals surface area contributed by atoms with Crippen molar-refractivity contribution in [1.29, 1.82) is 0 Å². The average molecular weight is 393 g/mol. The second-order valence-electron chi connectivity index (χ2n) is 7.14. The lowest BCUT2D eigenvalue weighted by atomic mass is 10.1. The highest BCUT2D eigenvalue weighted by molar-refractivity contribution is 5.75. The van der Waals surface area contributed by atoms with Crippen molar-refractivity contribution in [3.05, 3.63) is 84.2 Å². The number of nitrogens with one attached hydrogen (secondary N) is 1. The fraction of sp³-hybridized carbons (Fsp3) is 0.273. The summed E-state index contributed by atoms with van der Waals surface area (Å²) in [7, 11) is 1.88. The van der Waals surface area contributed by atoms with Crippen LogP contribution in [-0.4, -0.2) is 46.7 Å². The third-order valence-corrected chi connectivity index (χ3v) is 5.28. The van der Waals surface area contributed by atoms with Gasteiger partial charge in [0.15, 0.2) is 0 Å². The molecular weight excluding hydrogens is 369 g/mol. The number of para-hydroxylation sites is 1. The fourth-order valence-corrected chi connectivity index (χ4v) is 3.63. The van der Waals surface area contributed by atoms with Crippen molar-refractivity contribution < 1.29 is 9.18 Å². The van der Waals surface area contributed by atoms with Gasteiger partial charge < -0.3 is 19.7 Å².